The van der Waals surface area contributed by atoms with Crippen LogP contribution in [0.1, 0.15) is 11.1 Å². The van der Waals surface area contributed by atoms with Gasteiger partial charge in [-0.25, -0.2) is 4.39 Å². The maximum atomic E-state index is 13.0. The van der Waals surface area contributed by atoms with E-state index < -0.39 is 0 Å². The van der Waals surface area contributed by atoms with E-state index in [4.69, 9.17) is 16.3 Å². The molecule has 0 amide bonds. The summed E-state index contributed by atoms with van der Waals surface area (Å²) in [6, 6.07) is 9.56. The smallest absolute Gasteiger partial charge is 0.162 e. The summed E-state index contributed by atoms with van der Waals surface area (Å²) in [5.41, 5.74) is 1.46. The minimum absolute atomic E-state index is 0.0589. The zero-order valence-corrected chi connectivity index (χ0v) is 11.7. The van der Waals surface area contributed by atoms with Crippen molar-refractivity contribution in [2.45, 2.75) is 13.1 Å². The first-order valence-electron chi connectivity index (χ1n) is 6.10. The minimum Gasteiger partial charge on any atom is -0.504 e. The maximum Gasteiger partial charge on any atom is 0.162 e. The Morgan fingerprint density at radius 1 is 1.25 bits per heavy atom. The van der Waals surface area contributed by atoms with Crippen molar-refractivity contribution < 1.29 is 14.2 Å². The van der Waals surface area contributed by atoms with Crippen LogP contribution in [0.5, 0.6) is 11.5 Å². The largest absolute Gasteiger partial charge is 0.504 e. The Kier molecular flexibility index (Phi) is 4.82. The minimum atomic E-state index is -0.267. The molecule has 106 valence electrons. The molecule has 0 aliphatic heterocycles. The highest BCUT2D eigenvalue weighted by Gasteiger charge is 2.09. The summed E-state index contributed by atoms with van der Waals surface area (Å²) < 4.78 is 18.1. The van der Waals surface area contributed by atoms with Gasteiger partial charge in [-0.05, 0) is 23.8 Å². The molecule has 0 aliphatic carbocycles. The van der Waals surface area contributed by atoms with E-state index in [1.807, 2.05) is 6.07 Å². The number of phenols is 1. The van der Waals surface area contributed by atoms with Crippen LogP contribution in [0.15, 0.2) is 36.4 Å². The van der Waals surface area contributed by atoms with Gasteiger partial charge < -0.3 is 15.2 Å². The van der Waals surface area contributed by atoms with Gasteiger partial charge in [-0.15, -0.1) is 0 Å². The van der Waals surface area contributed by atoms with Crippen molar-refractivity contribution in [3.8, 4) is 11.5 Å². The fraction of sp³-hybridized carbons (Fsp3) is 0.200. The molecule has 20 heavy (non-hydrogen) atoms. The van der Waals surface area contributed by atoms with Crippen molar-refractivity contribution in [3.05, 3.63) is 58.4 Å². The molecule has 0 spiro atoms. The molecule has 0 saturated carbocycles. The molecule has 5 heteroatoms. The van der Waals surface area contributed by atoms with E-state index in [2.05, 4.69) is 5.32 Å². The van der Waals surface area contributed by atoms with Gasteiger partial charge in [-0.3, -0.25) is 0 Å². The van der Waals surface area contributed by atoms with E-state index in [0.717, 1.165) is 5.56 Å². The van der Waals surface area contributed by atoms with Crippen molar-refractivity contribution in [2.75, 3.05) is 7.11 Å². The van der Waals surface area contributed by atoms with Gasteiger partial charge in [0.1, 0.15) is 5.82 Å². The predicted molar refractivity (Wildman–Crippen MR) is 76.6 cm³/mol. The Bertz CT molecular complexity index is 604. The Morgan fingerprint density at radius 2 is 2.05 bits per heavy atom. The second-order valence-corrected chi connectivity index (χ2v) is 4.79. The second-order valence-electron chi connectivity index (χ2n) is 4.35. The first-order chi connectivity index (χ1) is 9.60. The summed E-state index contributed by atoms with van der Waals surface area (Å²) in [6.07, 6.45) is 0. The zero-order chi connectivity index (χ0) is 14.5. The summed E-state index contributed by atoms with van der Waals surface area (Å²) in [6.45, 7) is 0.894. The highest BCUT2D eigenvalue weighted by Crippen LogP contribution is 2.33. The van der Waals surface area contributed by atoms with E-state index in [1.54, 1.807) is 18.2 Å². The third-order valence-electron chi connectivity index (χ3n) is 2.87. The summed E-state index contributed by atoms with van der Waals surface area (Å²) >= 11 is 5.95. The molecule has 0 aromatic heterocycles. The van der Waals surface area contributed by atoms with Gasteiger partial charge in [-0.1, -0.05) is 23.7 Å². The average Bonchev–Trinajstić information content (AvgIpc) is 2.42. The van der Waals surface area contributed by atoms with Gasteiger partial charge in [0, 0.05) is 29.7 Å². The molecule has 0 saturated heterocycles. The monoisotopic (exact) mass is 295 g/mol. The summed E-state index contributed by atoms with van der Waals surface area (Å²) in [5.74, 6) is 0.125. The van der Waals surface area contributed by atoms with Crippen molar-refractivity contribution in [2.24, 2.45) is 0 Å². The fourth-order valence-corrected chi connectivity index (χ4v) is 2.14. The number of nitrogens with one attached hydrogen (secondary N) is 1. The molecule has 0 aliphatic rings. The standard InChI is InChI=1S/C15H15ClFNO2/c1-20-14-7-12(16)6-11(15(14)19)9-18-8-10-3-2-4-13(17)5-10/h2-7,18-19H,8-9H2,1H3. The van der Waals surface area contributed by atoms with Crippen LogP contribution < -0.4 is 10.1 Å². The number of hydrogen-bond acceptors (Lipinski definition) is 3. The molecule has 3 nitrogen and oxygen atoms in total. The fourth-order valence-electron chi connectivity index (χ4n) is 1.91. The normalized spacial score (nSPS) is 10.6. The van der Waals surface area contributed by atoms with Crippen LogP contribution in [0.4, 0.5) is 4.39 Å². The Labute approximate surface area is 122 Å². The van der Waals surface area contributed by atoms with Gasteiger partial charge in [0.2, 0.25) is 0 Å². The number of hydrogen-bond donors (Lipinski definition) is 2. The summed E-state index contributed by atoms with van der Waals surface area (Å²) in [4.78, 5) is 0. The third-order valence-corrected chi connectivity index (χ3v) is 3.09. The van der Waals surface area contributed by atoms with Crippen molar-refractivity contribution in [1.82, 2.24) is 5.32 Å². The molecule has 0 bridgehead atoms. The van der Waals surface area contributed by atoms with Gasteiger partial charge in [0.15, 0.2) is 11.5 Å². The van der Waals surface area contributed by atoms with Crippen LogP contribution in [-0.4, -0.2) is 12.2 Å². The number of methoxy groups -OCH3 is 1. The molecule has 0 fully saturated rings. The Morgan fingerprint density at radius 3 is 2.75 bits per heavy atom. The molecule has 2 N–H and O–H groups in total. The highest BCUT2D eigenvalue weighted by molar-refractivity contribution is 6.30. The number of phenolic OH excluding ortho intramolecular Hbond substituents is 1. The van der Waals surface area contributed by atoms with Gasteiger partial charge in [-0.2, -0.15) is 0 Å². The lowest BCUT2D eigenvalue weighted by atomic mass is 10.1. The molecular weight excluding hydrogens is 281 g/mol. The van der Waals surface area contributed by atoms with Crippen LogP contribution in [0.2, 0.25) is 5.02 Å². The van der Waals surface area contributed by atoms with Gasteiger partial charge in [0.05, 0.1) is 7.11 Å². The van der Waals surface area contributed by atoms with E-state index in [0.29, 0.717) is 29.4 Å². The molecule has 2 rings (SSSR count). The van der Waals surface area contributed by atoms with Crippen LogP contribution in [0.3, 0.4) is 0 Å². The SMILES string of the molecule is COc1cc(Cl)cc(CNCc2cccc(F)c2)c1O. The Hall–Kier alpha value is -1.78. The number of ether oxygens (including phenoxy) is 1. The average molecular weight is 296 g/mol. The molecule has 2 aromatic rings. The molecule has 0 radical (unpaired) electrons. The second kappa shape index (κ2) is 6.59. The molecule has 0 atom stereocenters. The van der Waals surface area contributed by atoms with Crippen molar-refractivity contribution >= 4 is 11.6 Å². The van der Waals surface area contributed by atoms with Crippen LogP contribution >= 0.6 is 11.6 Å². The van der Waals surface area contributed by atoms with Crippen molar-refractivity contribution in [1.29, 1.82) is 0 Å². The number of rotatable bonds is 5. The third kappa shape index (κ3) is 3.62. The van der Waals surface area contributed by atoms with E-state index in [-0.39, 0.29) is 11.6 Å². The first kappa shape index (κ1) is 14.6. The Balaban J connectivity index is 2.02. The highest BCUT2D eigenvalue weighted by atomic mass is 35.5. The zero-order valence-electron chi connectivity index (χ0n) is 11.0. The predicted octanol–water partition coefficient (Wildman–Crippen LogP) is 3.48. The quantitative estimate of drug-likeness (QED) is 0.887. The van der Waals surface area contributed by atoms with Gasteiger partial charge in [0.25, 0.3) is 0 Å². The van der Waals surface area contributed by atoms with Crippen molar-refractivity contribution in [3.63, 3.8) is 0 Å². The van der Waals surface area contributed by atoms with E-state index in [9.17, 15) is 9.50 Å². The lowest BCUT2D eigenvalue weighted by Gasteiger charge is -2.11. The molecular formula is C15H15ClFNO2. The lowest BCUT2D eigenvalue weighted by Crippen LogP contribution is -2.13. The van der Waals surface area contributed by atoms with Crippen LogP contribution in [-0.2, 0) is 13.1 Å². The van der Waals surface area contributed by atoms with Crippen LogP contribution in [0, 0.1) is 5.82 Å². The topological polar surface area (TPSA) is 41.5 Å². The lowest BCUT2D eigenvalue weighted by molar-refractivity contribution is 0.369. The number of aromatic hydroxyl groups is 1. The summed E-state index contributed by atoms with van der Waals surface area (Å²) in [5, 5.41) is 13.6. The number of benzene rings is 2. The molecule has 2 aromatic carbocycles. The van der Waals surface area contributed by atoms with Gasteiger partial charge >= 0.3 is 0 Å². The molecule has 0 heterocycles. The first-order valence-corrected chi connectivity index (χ1v) is 6.48. The number of halogens is 2. The molecule has 0 unspecified atom stereocenters. The van der Waals surface area contributed by atoms with Crippen LogP contribution in [0.25, 0.3) is 0 Å². The maximum absolute atomic E-state index is 13.0. The van der Waals surface area contributed by atoms with E-state index >= 15 is 0 Å². The van der Waals surface area contributed by atoms with E-state index in [1.165, 1.54) is 19.2 Å². The summed E-state index contributed by atoms with van der Waals surface area (Å²) in [7, 11) is 1.47.